The van der Waals surface area contributed by atoms with Gasteiger partial charge in [-0.2, -0.15) is 0 Å². The predicted octanol–water partition coefficient (Wildman–Crippen LogP) is 3.24. The van der Waals surface area contributed by atoms with Gasteiger partial charge < -0.3 is 0 Å². The molecule has 0 aromatic heterocycles. The lowest BCUT2D eigenvalue weighted by atomic mass is 10.0. The first kappa shape index (κ1) is 10.7. The highest BCUT2D eigenvalue weighted by molar-refractivity contribution is 14.1. The summed E-state index contributed by atoms with van der Waals surface area (Å²) in [5.74, 6) is 0. The maximum atomic E-state index is 2.39. The Morgan fingerprint density at radius 1 is 0.800 bits per heavy atom. The van der Waals surface area contributed by atoms with Crippen molar-refractivity contribution >= 4 is 22.9 Å². The molecule has 0 N–H and O–H groups in total. The molecular formula is C8H18IN. The van der Waals surface area contributed by atoms with Crippen LogP contribution in [0.1, 0.15) is 41.5 Å². The number of halogens is 1. The lowest BCUT2D eigenvalue weighted by Crippen LogP contribution is -2.45. The molecule has 0 aliphatic carbocycles. The van der Waals surface area contributed by atoms with Gasteiger partial charge in [0.05, 0.1) is 0 Å². The molecule has 0 atom stereocenters. The van der Waals surface area contributed by atoms with Crippen LogP contribution in [0.5, 0.6) is 0 Å². The molecule has 1 nitrogen and oxygen atoms in total. The Labute approximate surface area is 78.7 Å². The van der Waals surface area contributed by atoms with Crippen molar-refractivity contribution in [3.05, 3.63) is 0 Å². The Bertz CT molecular complexity index is 93.4. The van der Waals surface area contributed by atoms with Crippen LogP contribution in [-0.4, -0.2) is 14.2 Å². The molecule has 0 rings (SSSR count). The van der Waals surface area contributed by atoms with Gasteiger partial charge in [-0.3, -0.25) is 0 Å². The molecule has 0 bridgehead atoms. The van der Waals surface area contributed by atoms with Crippen molar-refractivity contribution in [2.75, 3.05) is 0 Å². The molecule has 0 fully saturated rings. The van der Waals surface area contributed by atoms with Crippen LogP contribution in [0, 0.1) is 0 Å². The molecular weight excluding hydrogens is 237 g/mol. The van der Waals surface area contributed by atoms with E-state index in [-0.39, 0.29) is 11.1 Å². The summed E-state index contributed by atoms with van der Waals surface area (Å²) < 4.78 is 2.34. The van der Waals surface area contributed by atoms with Crippen LogP contribution in [0.25, 0.3) is 0 Å². The zero-order valence-corrected chi connectivity index (χ0v) is 9.98. The highest BCUT2D eigenvalue weighted by atomic mass is 127. The van der Waals surface area contributed by atoms with Crippen molar-refractivity contribution in [3.63, 3.8) is 0 Å². The number of nitrogens with zero attached hydrogens (tertiary/aromatic N) is 1. The second kappa shape index (κ2) is 2.97. The molecule has 62 valence electrons. The van der Waals surface area contributed by atoms with Gasteiger partial charge in [-0.25, -0.2) is 3.11 Å². The van der Waals surface area contributed by atoms with Crippen LogP contribution in [0.3, 0.4) is 0 Å². The highest BCUT2D eigenvalue weighted by Crippen LogP contribution is 2.28. The summed E-state index contributed by atoms with van der Waals surface area (Å²) in [4.78, 5) is 0. The Morgan fingerprint density at radius 3 is 1.00 bits per heavy atom. The van der Waals surface area contributed by atoms with Gasteiger partial charge in [0.2, 0.25) is 0 Å². The maximum Gasteiger partial charge on any atom is 0.0226 e. The fourth-order valence-electron chi connectivity index (χ4n) is 1.01. The van der Waals surface area contributed by atoms with E-state index in [0.29, 0.717) is 0 Å². The topological polar surface area (TPSA) is 3.24 Å². The number of rotatable bonds is 0. The standard InChI is InChI=1S/C8H18IN/c1-7(2,3)10(9)8(4,5)6/h1-6H3. The van der Waals surface area contributed by atoms with Crippen LogP contribution < -0.4 is 0 Å². The fourth-order valence-corrected chi connectivity index (χ4v) is 1.01. The minimum absolute atomic E-state index is 0.263. The molecule has 0 radical (unpaired) electrons. The third kappa shape index (κ3) is 3.19. The molecule has 0 unspecified atom stereocenters. The monoisotopic (exact) mass is 255 g/mol. The van der Waals surface area contributed by atoms with Gasteiger partial charge in [0.1, 0.15) is 0 Å². The lowest BCUT2D eigenvalue weighted by Gasteiger charge is -2.40. The normalized spacial score (nSPS) is 14.4. The second-order valence-corrected chi connectivity index (χ2v) is 5.59. The van der Waals surface area contributed by atoms with Gasteiger partial charge in [0.15, 0.2) is 0 Å². The van der Waals surface area contributed by atoms with Gasteiger partial charge in [0, 0.05) is 33.9 Å². The predicted molar refractivity (Wildman–Crippen MR) is 55.4 cm³/mol. The van der Waals surface area contributed by atoms with E-state index in [1.54, 1.807) is 0 Å². The lowest BCUT2D eigenvalue weighted by molar-refractivity contribution is 0.181. The minimum atomic E-state index is 0.263. The average molecular weight is 255 g/mol. The minimum Gasteiger partial charge on any atom is -0.237 e. The van der Waals surface area contributed by atoms with E-state index in [9.17, 15) is 0 Å². The largest absolute Gasteiger partial charge is 0.237 e. The Kier molecular flexibility index (Phi) is 3.18. The molecule has 0 saturated carbocycles. The maximum absolute atomic E-state index is 2.39. The third-order valence-electron chi connectivity index (χ3n) is 1.18. The van der Waals surface area contributed by atoms with E-state index in [1.807, 2.05) is 0 Å². The number of hydrogen-bond donors (Lipinski definition) is 0. The summed E-state index contributed by atoms with van der Waals surface area (Å²) in [6.45, 7) is 13.4. The van der Waals surface area contributed by atoms with E-state index in [0.717, 1.165) is 0 Å². The first-order chi connectivity index (χ1) is 4.15. The van der Waals surface area contributed by atoms with Crippen molar-refractivity contribution in [1.29, 1.82) is 0 Å². The van der Waals surface area contributed by atoms with Crippen molar-refractivity contribution < 1.29 is 0 Å². The van der Waals surface area contributed by atoms with Gasteiger partial charge in [-0.15, -0.1) is 0 Å². The summed E-state index contributed by atoms with van der Waals surface area (Å²) in [6.07, 6.45) is 0. The molecule has 10 heavy (non-hydrogen) atoms. The molecule has 0 saturated heterocycles. The molecule has 2 heteroatoms. The van der Waals surface area contributed by atoms with E-state index in [2.05, 4.69) is 67.5 Å². The van der Waals surface area contributed by atoms with Gasteiger partial charge in [-0.1, -0.05) is 0 Å². The summed E-state index contributed by atoms with van der Waals surface area (Å²) in [5, 5.41) is 0. The Morgan fingerprint density at radius 2 is 1.00 bits per heavy atom. The van der Waals surface area contributed by atoms with Gasteiger partial charge in [-0.05, 0) is 41.5 Å². The van der Waals surface area contributed by atoms with E-state index in [1.165, 1.54) is 0 Å². The van der Waals surface area contributed by atoms with Crippen LogP contribution >= 0.6 is 22.9 Å². The third-order valence-corrected chi connectivity index (χ3v) is 4.07. The zero-order chi connectivity index (χ0) is 8.58. The molecule has 0 spiro atoms. The molecule has 0 amide bonds. The molecule has 0 heterocycles. The average Bonchev–Trinajstić information content (AvgIpc) is 1.59. The fraction of sp³-hybridized carbons (Fsp3) is 1.00. The molecule has 0 aliphatic heterocycles. The highest BCUT2D eigenvalue weighted by Gasteiger charge is 2.28. The summed E-state index contributed by atoms with van der Waals surface area (Å²) in [7, 11) is 0. The van der Waals surface area contributed by atoms with Crippen molar-refractivity contribution in [1.82, 2.24) is 3.11 Å². The van der Waals surface area contributed by atoms with Crippen LogP contribution in [0.15, 0.2) is 0 Å². The van der Waals surface area contributed by atoms with E-state index in [4.69, 9.17) is 0 Å². The number of hydrogen-bond acceptors (Lipinski definition) is 1. The quantitative estimate of drug-likeness (QED) is 0.474. The van der Waals surface area contributed by atoms with Crippen LogP contribution in [0.2, 0.25) is 0 Å². The first-order valence-corrected chi connectivity index (χ1v) is 4.58. The molecule has 0 aromatic rings. The Balaban J connectivity index is 4.23. The molecule has 0 aliphatic rings. The van der Waals surface area contributed by atoms with Crippen LogP contribution in [0.4, 0.5) is 0 Å². The second-order valence-electron chi connectivity index (χ2n) is 4.62. The van der Waals surface area contributed by atoms with E-state index < -0.39 is 0 Å². The SMILES string of the molecule is CC(C)(C)N(I)C(C)(C)C. The van der Waals surface area contributed by atoms with Crippen molar-refractivity contribution in [3.8, 4) is 0 Å². The zero-order valence-electron chi connectivity index (χ0n) is 7.83. The van der Waals surface area contributed by atoms with Crippen LogP contribution in [-0.2, 0) is 0 Å². The van der Waals surface area contributed by atoms with Gasteiger partial charge >= 0.3 is 0 Å². The molecule has 0 aromatic carbocycles. The van der Waals surface area contributed by atoms with Crippen molar-refractivity contribution in [2.24, 2.45) is 0 Å². The Hall–Kier alpha value is 0.690. The van der Waals surface area contributed by atoms with E-state index >= 15 is 0 Å². The van der Waals surface area contributed by atoms with Crippen molar-refractivity contribution in [2.45, 2.75) is 52.6 Å². The smallest absolute Gasteiger partial charge is 0.0226 e. The summed E-state index contributed by atoms with van der Waals surface area (Å²) in [6, 6.07) is 0. The first-order valence-electron chi connectivity index (χ1n) is 3.62. The summed E-state index contributed by atoms with van der Waals surface area (Å²) >= 11 is 2.39. The van der Waals surface area contributed by atoms with Gasteiger partial charge in [0.25, 0.3) is 0 Å². The summed E-state index contributed by atoms with van der Waals surface area (Å²) in [5.41, 5.74) is 0.525.